The molecule has 0 radical (unpaired) electrons. The zero-order chi connectivity index (χ0) is 34.2. The van der Waals surface area contributed by atoms with Gasteiger partial charge in [0.25, 0.3) is 0 Å². The van der Waals surface area contributed by atoms with Crippen molar-refractivity contribution in [1.29, 1.82) is 0 Å². The van der Waals surface area contributed by atoms with E-state index in [1.54, 1.807) is 0 Å². The monoisotopic (exact) mass is 667 g/mol. The van der Waals surface area contributed by atoms with Crippen LogP contribution in [0.5, 0.6) is 0 Å². The molecule has 4 heteroatoms. The summed E-state index contributed by atoms with van der Waals surface area (Å²) in [4.78, 5) is 2.36. The Morgan fingerprint density at radius 1 is 0.327 bits per heavy atom. The molecule has 0 fully saturated rings. The largest absolute Gasteiger partial charge is 0.456 e. The van der Waals surface area contributed by atoms with Gasteiger partial charge in [0, 0.05) is 32.8 Å². The van der Waals surface area contributed by atoms with Gasteiger partial charge in [0.15, 0.2) is 0 Å². The summed E-state index contributed by atoms with van der Waals surface area (Å²) in [6.07, 6.45) is 0. The summed E-state index contributed by atoms with van der Waals surface area (Å²) in [6, 6.07) is 61.2. The Balaban J connectivity index is 1.21. The molecular formula is C48H29NO3. The number of anilines is 3. The van der Waals surface area contributed by atoms with E-state index in [0.29, 0.717) is 0 Å². The SMILES string of the molecule is c1ccc(-c2ccc3c(c2)oc2ccc(N(c4cccc5oc6ccccc6c45)c4ccc(-c5ccccc5)c5oc6ccccc6c45)cc23)cc1. The van der Waals surface area contributed by atoms with E-state index >= 15 is 0 Å². The van der Waals surface area contributed by atoms with Gasteiger partial charge < -0.3 is 18.2 Å². The van der Waals surface area contributed by atoms with Gasteiger partial charge in [0.05, 0.1) is 22.1 Å². The maximum atomic E-state index is 6.75. The second-order valence-corrected chi connectivity index (χ2v) is 13.2. The van der Waals surface area contributed by atoms with Crippen molar-refractivity contribution in [2.75, 3.05) is 4.90 Å². The van der Waals surface area contributed by atoms with Crippen LogP contribution in [0.25, 0.3) is 88.1 Å². The van der Waals surface area contributed by atoms with Crippen molar-refractivity contribution < 1.29 is 13.3 Å². The summed E-state index contributed by atoms with van der Waals surface area (Å²) >= 11 is 0. The van der Waals surface area contributed by atoms with Crippen LogP contribution >= 0.6 is 0 Å². The molecule has 0 saturated heterocycles. The smallest absolute Gasteiger partial charge is 0.145 e. The fraction of sp³-hybridized carbons (Fsp3) is 0. The van der Waals surface area contributed by atoms with Crippen LogP contribution in [-0.2, 0) is 0 Å². The van der Waals surface area contributed by atoms with E-state index in [1.165, 1.54) is 0 Å². The van der Waals surface area contributed by atoms with Crippen LogP contribution in [0.3, 0.4) is 0 Å². The van der Waals surface area contributed by atoms with Crippen LogP contribution < -0.4 is 4.90 Å². The van der Waals surface area contributed by atoms with Crippen molar-refractivity contribution >= 4 is 82.9 Å². The molecule has 0 bridgehead atoms. The van der Waals surface area contributed by atoms with E-state index in [0.717, 1.165) is 105 Å². The number of hydrogen-bond acceptors (Lipinski definition) is 4. The zero-order valence-electron chi connectivity index (χ0n) is 27.9. The minimum atomic E-state index is 0.834. The Labute approximate surface area is 298 Å². The van der Waals surface area contributed by atoms with Crippen molar-refractivity contribution in [3.8, 4) is 22.3 Å². The normalized spacial score (nSPS) is 11.8. The van der Waals surface area contributed by atoms with E-state index < -0.39 is 0 Å². The van der Waals surface area contributed by atoms with Gasteiger partial charge in [-0.1, -0.05) is 109 Å². The van der Waals surface area contributed by atoms with Gasteiger partial charge in [0.1, 0.15) is 33.5 Å². The molecule has 3 heterocycles. The molecule has 4 nitrogen and oxygen atoms in total. The molecule has 0 aliphatic carbocycles. The van der Waals surface area contributed by atoms with Crippen LogP contribution in [-0.4, -0.2) is 0 Å². The van der Waals surface area contributed by atoms with E-state index in [-0.39, 0.29) is 0 Å². The van der Waals surface area contributed by atoms with E-state index in [1.807, 2.05) is 30.3 Å². The second kappa shape index (κ2) is 11.2. The average molecular weight is 668 g/mol. The highest BCUT2D eigenvalue weighted by molar-refractivity contribution is 6.20. The summed E-state index contributed by atoms with van der Waals surface area (Å²) < 4.78 is 19.7. The Kier molecular flexibility index (Phi) is 6.22. The molecule has 11 aromatic rings. The lowest BCUT2D eigenvalue weighted by Gasteiger charge is -2.27. The molecule has 52 heavy (non-hydrogen) atoms. The first-order valence-corrected chi connectivity index (χ1v) is 17.5. The number of benzene rings is 8. The van der Waals surface area contributed by atoms with Crippen LogP contribution in [0.4, 0.5) is 17.1 Å². The molecule has 0 spiro atoms. The summed E-state index contributed by atoms with van der Waals surface area (Å²) in [6.45, 7) is 0. The lowest BCUT2D eigenvalue weighted by Crippen LogP contribution is -2.11. The Morgan fingerprint density at radius 3 is 1.77 bits per heavy atom. The van der Waals surface area contributed by atoms with Gasteiger partial charge in [-0.2, -0.15) is 0 Å². The van der Waals surface area contributed by atoms with Crippen LogP contribution in [0.15, 0.2) is 189 Å². The van der Waals surface area contributed by atoms with Crippen LogP contribution in [0, 0.1) is 0 Å². The maximum Gasteiger partial charge on any atom is 0.145 e. The van der Waals surface area contributed by atoms with Crippen molar-refractivity contribution in [3.63, 3.8) is 0 Å². The maximum absolute atomic E-state index is 6.75. The van der Waals surface area contributed by atoms with Crippen molar-refractivity contribution in [2.24, 2.45) is 0 Å². The standard InChI is InChI=1S/C48H29NO3/c1-3-12-30(13-4-1)32-22-24-35-38-29-33(23-27-43(38)51-45(35)28-32)49(39-18-11-21-44-46(39)36-16-7-9-19-41(36)50-44)40-26-25-34(31-14-5-2-6-15-31)48-47(40)37-17-8-10-20-42(37)52-48/h1-29H. The molecule has 0 saturated carbocycles. The molecule has 0 atom stereocenters. The predicted octanol–water partition coefficient (Wildman–Crippen LogP) is 14.2. The molecule has 244 valence electrons. The lowest BCUT2D eigenvalue weighted by molar-refractivity contribution is 0.668. The fourth-order valence-electron chi connectivity index (χ4n) is 7.91. The van der Waals surface area contributed by atoms with Gasteiger partial charge >= 0.3 is 0 Å². The molecule has 0 amide bonds. The number of hydrogen-bond donors (Lipinski definition) is 0. The van der Waals surface area contributed by atoms with E-state index in [2.05, 4.69) is 150 Å². The van der Waals surface area contributed by atoms with Crippen LogP contribution in [0.2, 0.25) is 0 Å². The molecule has 3 aromatic heterocycles. The molecule has 0 unspecified atom stereocenters. The van der Waals surface area contributed by atoms with Crippen LogP contribution in [0.1, 0.15) is 0 Å². The summed E-state index contributed by atoms with van der Waals surface area (Å²) in [5.41, 5.74) is 12.6. The van der Waals surface area contributed by atoms with Gasteiger partial charge in [-0.3, -0.25) is 0 Å². The van der Waals surface area contributed by atoms with Gasteiger partial charge in [-0.15, -0.1) is 0 Å². The van der Waals surface area contributed by atoms with Crippen molar-refractivity contribution in [1.82, 2.24) is 0 Å². The molecule has 8 aromatic carbocycles. The first-order valence-electron chi connectivity index (χ1n) is 17.5. The van der Waals surface area contributed by atoms with Crippen molar-refractivity contribution in [2.45, 2.75) is 0 Å². The highest BCUT2D eigenvalue weighted by atomic mass is 16.3. The lowest BCUT2D eigenvalue weighted by atomic mass is 9.99. The van der Waals surface area contributed by atoms with Gasteiger partial charge in [-0.25, -0.2) is 0 Å². The third-order valence-electron chi connectivity index (χ3n) is 10.3. The molecule has 0 aliphatic heterocycles. The number of nitrogens with zero attached hydrogens (tertiary/aromatic N) is 1. The van der Waals surface area contributed by atoms with E-state index in [9.17, 15) is 0 Å². The Morgan fingerprint density at radius 2 is 0.962 bits per heavy atom. The molecule has 11 rings (SSSR count). The first-order chi connectivity index (χ1) is 25.8. The third-order valence-corrected chi connectivity index (χ3v) is 10.3. The number of fused-ring (bicyclic) bond motifs is 9. The predicted molar refractivity (Wildman–Crippen MR) is 214 cm³/mol. The Bertz CT molecular complexity index is 3130. The molecular weight excluding hydrogens is 639 g/mol. The third kappa shape index (κ3) is 4.34. The molecule has 0 aliphatic rings. The second-order valence-electron chi connectivity index (χ2n) is 13.2. The summed E-state index contributed by atoms with van der Waals surface area (Å²) in [5.74, 6) is 0. The fourth-order valence-corrected chi connectivity index (χ4v) is 7.91. The Hall–Kier alpha value is -7.04. The quantitative estimate of drug-likeness (QED) is 0.183. The first kappa shape index (κ1) is 28.8. The topological polar surface area (TPSA) is 42.7 Å². The van der Waals surface area contributed by atoms with Crippen molar-refractivity contribution in [3.05, 3.63) is 176 Å². The summed E-state index contributed by atoms with van der Waals surface area (Å²) in [5, 5.41) is 6.35. The van der Waals surface area contributed by atoms with Gasteiger partial charge in [-0.05, 0) is 83.4 Å². The number of furan rings is 3. The minimum absolute atomic E-state index is 0.834. The highest BCUT2D eigenvalue weighted by Gasteiger charge is 2.25. The minimum Gasteiger partial charge on any atom is -0.456 e. The summed E-state index contributed by atoms with van der Waals surface area (Å²) in [7, 11) is 0. The van der Waals surface area contributed by atoms with Gasteiger partial charge in [0.2, 0.25) is 0 Å². The zero-order valence-corrected chi connectivity index (χ0v) is 27.9. The number of rotatable bonds is 5. The van der Waals surface area contributed by atoms with E-state index in [4.69, 9.17) is 13.3 Å². The highest BCUT2D eigenvalue weighted by Crippen LogP contribution is 2.49. The average Bonchev–Trinajstić information content (AvgIpc) is 3.90. The molecule has 0 N–H and O–H groups in total. The number of para-hydroxylation sites is 2.